The summed E-state index contributed by atoms with van der Waals surface area (Å²) in [5.74, 6) is 0.327. The monoisotopic (exact) mass is 228 g/mol. The Bertz CT molecular complexity index is 281. The highest BCUT2D eigenvalue weighted by atomic mass is 35.5. The molecule has 0 spiro atoms. The van der Waals surface area contributed by atoms with Crippen LogP contribution >= 0.6 is 11.6 Å². The maximum Gasteiger partial charge on any atom is 0.123 e. The van der Waals surface area contributed by atoms with Crippen molar-refractivity contribution in [3.05, 3.63) is 35.6 Å². The van der Waals surface area contributed by atoms with E-state index < -0.39 is 0 Å². The van der Waals surface area contributed by atoms with Gasteiger partial charge < -0.3 is 0 Å². The third-order valence-corrected chi connectivity index (χ3v) is 3.29. The molecule has 0 aromatic heterocycles. The maximum absolute atomic E-state index is 12.7. The number of benzene rings is 1. The SMILES string of the molecule is CCCC(C)C(Cl)Cc1ccc(F)cc1. The van der Waals surface area contributed by atoms with Crippen molar-refractivity contribution in [1.82, 2.24) is 0 Å². The molecule has 0 aliphatic heterocycles. The van der Waals surface area contributed by atoms with Gasteiger partial charge in [0, 0.05) is 5.38 Å². The molecule has 0 aliphatic rings. The van der Waals surface area contributed by atoms with Crippen molar-refractivity contribution in [1.29, 1.82) is 0 Å². The van der Waals surface area contributed by atoms with Gasteiger partial charge in [-0.3, -0.25) is 0 Å². The van der Waals surface area contributed by atoms with Gasteiger partial charge in [-0.05, 0) is 36.5 Å². The van der Waals surface area contributed by atoms with Crippen LogP contribution in [0.25, 0.3) is 0 Å². The fourth-order valence-electron chi connectivity index (χ4n) is 1.68. The summed E-state index contributed by atoms with van der Waals surface area (Å²) in [5, 5.41) is 0.149. The molecule has 0 heterocycles. The van der Waals surface area contributed by atoms with Crippen molar-refractivity contribution < 1.29 is 4.39 Å². The standard InChI is InChI=1S/C13H18ClF/c1-3-4-10(2)13(14)9-11-5-7-12(15)8-6-11/h5-8,10,13H,3-4,9H2,1-2H3. The van der Waals surface area contributed by atoms with Gasteiger partial charge in [-0.1, -0.05) is 32.4 Å². The van der Waals surface area contributed by atoms with Crippen molar-refractivity contribution in [2.24, 2.45) is 5.92 Å². The molecule has 0 bridgehead atoms. The number of hydrogen-bond donors (Lipinski definition) is 0. The van der Waals surface area contributed by atoms with Crippen LogP contribution in [0.5, 0.6) is 0 Å². The zero-order valence-corrected chi connectivity index (χ0v) is 10.1. The average Bonchev–Trinajstić information content (AvgIpc) is 2.22. The lowest BCUT2D eigenvalue weighted by molar-refractivity contribution is 0.493. The Morgan fingerprint density at radius 1 is 1.27 bits per heavy atom. The summed E-state index contributed by atoms with van der Waals surface area (Å²) in [4.78, 5) is 0. The Labute approximate surface area is 96.5 Å². The molecule has 0 fully saturated rings. The van der Waals surface area contributed by atoms with E-state index in [2.05, 4.69) is 13.8 Å². The molecule has 2 atom stereocenters. The summed E-state index contributed by atoms with van der Waals surface area (Å²) in [6.07, 6.45) is 3.13. The van der Waals surface area contributed by atoms with Crippen LogP contribution < -0.4 is 0 Å². The molecule has 0 radical (unpaired) electrons. The second kappa shape index (κ2) is 6.12. The third-order valence-electron chi connectivity index (χ3n) is 2.71. The zero-order chi connectivity index (χ0) is 11.3. The largest absolute Gasteiger partial charge is 0.207 e. The minimum Gasteiger partial charge on any atom is -0.207 e. The van der Waals surface area contributed by atoms with E-state index in [0.29, 0.717) is 5.92 Å². The van der Waals surface area contributed by atoms with Gasteiger partial charge in [0.1, 0.15) is 5.82 Å². The maximum atomic E-state index is 12.7. The van der Waals surface area contributed by atoms with E-state index in [1.54, 1.807) is 0 Å². The summed E-state index contributed by atoms with van der Waals surface area (Å²) in [6.45, 7) is 4.34. The Morgan fingerprint density at radius 3 is 2.40 bits per heavy atom. The molecule has 0 amide bonds. The van der Waals surface area contributed by atoms with Gasteiger partial charge in [-0.15, -0.1) is 11.6 Å². The minimum absolute atomic E-state index is 0.149. The molecule has 15 heavy (non-hydrogen) atoms. The minimum atomic E-state index is -0.188. The Morgan fingerprint density at radius 2 is 1.87 bits per heavy atom. The van der Waals surface area contributed by atoms with Crippen molar-refractivity contribution in [2.45, 2.75) is 38.5 Å². The first-order valence-electron chi connectivity index (χ1n) is 5.52. The Balaban J connectivity index is 2.50. The molecule has 0 saturated heterocycles. The van der Waals surface area contributed by atoms with Gasteiger partial charge in [0.15, 0.2) is 0 Å². The molecule has 0 aliphatic carbocycles. The highest BCUT2D eigenvalue weighted by Gasteiger charge is 2.13. The summed E-state index contributed by atoms with van der Waals surface area (Å²) in [6, 6.07) is 6.60. The molecule has 0 saturated carbocycles. The molecule has 1 aromatic rings. The van der Waals surface area contributed by atoms with Gasteiger partial charge in [-0.25, -0.2) is 4.39 Å². The van der Waals surface area contributed by atoms with Gasteiger partial charge >= 0.3 is 0 Å². The van der Waals surface area contributed by atoms with E-state index in [1.165, 1.54) is 12.1 Å². The number of alkyl halides is 1. The number of hydrogen-bond acceptors (Lipinski definition) is 0. The van der Waals surface area contributed by atoms with Gasteiger partial charge in [0.25, 0.3) is 0 Å². The third kappa shape index (κ3) is 4.21. The van der Waals surface area contributed by atoms with Crippen LogP contribution in [0.15, 0.2) is 24.3 Å². The van der Waals surface area contributed by atoms with Gasteiger partial charge in [0.2, 0.25) is 0 Å². The van der Waals surface area contributed by atoms with Gasteiger partial charge in [-0.2, -0.15) is 0 Å². The fraction of sp³-hybridized carbons (Fsp3) is 0.538. The number of rotatable bonds is 5. The van der Waals surface area contributed by atoms with Crippen molar-refractivity contribution in [3.8, 4) is 0 Å². The van der Waals surface area contributed by atoms with Gasteiger partial charge in [0.05, 0.1) is 0 Å². The first-order chi connectivity index (χ1) is 7.13. The highest BCUT2D eigenvalue weighted by molar-refractivity contribution is 6.20. The summed E-state index contributed by atoms with van der Waals surface area (Å²) < 4.78 is 12.7. The van der Waals surface area contributed by atoms with E-state index in [-0.39, 0.29) is 11.2 Å². The quantitative estimate of drug-likeness (QED) is 0.655. The molecule has 2 heteroatoms. The van der Waals surface area contributed by atoms with E-state index in [1.807, 2.05) is 12.1 Å². The predicted molar refractivity (Wildman–Crippen MR) is 63.8 cm³/mol. The molecular weight excluding hydrogens is 211 g/mol. The molecular formula is C13H18ClF. The van der Waals surface area contributed by atoms with Crippen LogP contribution in [-0.4, -0.2) is 5.38 Å². The van der Waals surface area contributed by atoms with Crippen LogP contribution in [0.2, 0.25) is 0 Å². The van der Waals surface area contributed by atoms with E-state index in [4.69, 9.17) is 11.6 Å². The molecule has 1 aromatic carbocycles. The molecule has 1 rings (SSSR count). The van der Waals surface area contributed by atoms with Crippen molar-refractivity contribution in [3.63, 3.8) is 0 Å². The van der Waals surface area contributed by atoms with E-state index in [0.717, 1.165) is 24.8 Å². The van der Waals surface area contributed by atoms with Crippen LogP contribution in [0.3, 0.4) is 0 Å². The van der Waals surface area contributed by atoms with Crippen LogP contribution in [0, 0.1) is 11.7 Å². The molecule has 0 N–H and O–H groups in total. The Hall–Kier alpha value is -0.560. The lowest BCUT2D eigenvalue weighted by Crippen LogP contribution is -2.14. The first kappa shape index (κ1) is 12.5. The van der Waals surface area contributed by atoms with E-state index in [9.17, 15) is 4.39 Å². The predicted octanol–water partition coefficient (Wildman–Crippen LogP) is 4.41. The summed E-state index contributed by atoms with van der Waals surface area (Å²) in [5.41, 5.74) is 1.11. The topological polar surface area (TPSA) is 0 Å². The second-order valence-electron chi connectivity index (χ2n) is 4.11. The summed E-state index contributed by atoms with van der Waals surface area (Å²) in [7, 11) is 0. The summed E-state index contributed by atoms with van der Waals surface area (Å²) >= 11 is 6.29. The lowest BCUT2D eigenvalue weighted by atomic mass is 9.96. The first-order valence-corrected chi connectivity index (χ1v) is 5.95. The highest BCUT2D eigenvalue weighted by Crippen LogP contribution is 2.20. The lowest BCUT2D eigenvalue weighted by Gasteiger charge is -2.17. The van der Waals surface area contributed by atoms with Crippen molar-refractivity contribution >= 4 is 11.6 Å². The Kier molecular flexibility index (Phi) is 5.10. The van der Waals surface area contributed by atoms with E-state index >= 15 is 0 Å². The normalized spacial score (nSPS) is 14.9. The smallest absolute Gasteiger partial charge is 0.123 e. The van der Waals surface area contributed by atoms with Crippen molar-refractivity contribution in [2.75, 3.05) is 0 Å². The second-order valence-corrected chi connectivity index (χ2v) is 4.67. The zero-order valence-electron chi connectivity index (χ0n) is 9.34. The fourth-order valence-corrected chi connectivity index (χ4v) is 1.99. The average molecular weight is 229 g/mol. The van der Waals surface area contributed by atoms with Crippen LogP contribution in [-0.2, 0) is 6.42 Å². The molecule has 2 unspecified atom stereocenters. The van der Waals surface area contributed by atoms with Crippen LogP contribution in [0.1, 0.15) is 32.3 Å². The molecule has 0 nitrogen and oxygen atoms in total. The van der Waals surface area contributed by atoms with Crippen LogP contribution in [0.4, 0.5) is 4.39 Å². The number of halogens is 2. The molecule has 84 valence electrons.